The van der Waals surface area contributed by atoms with Crippen molar-refractivity contribution >= 4 is 34.6 Å². The molecular weight excluding hydrogens is 556 g/mol. The van der Waals surface area contributed by atoms with Crippen molar-refractivity contribution in [3.05, 3.63) is 117 Å². The maximum absolute atomic E-state index is 13.6. The van der Waals surface area contributed by atoms with Crippen molar-refractivity contribution in [3.63, 3.8) is 0 Å². The van der Waals surface area contributed by atoms with E-state index in [4.69, 9.17) is 4.42 Å². The summed E-state index contributed by atoms with van der Waals surface area (Å²) in [5, 5.41) is 23.2. The van der Waals surface area contributed by atoms with E-state index in [-0.39, 0.29) is 11.2 Å². The summed E-state index contributed by atoms with van der Waals surface area (Å²) in [5.41, 5.74) is 1.50. The lowest BCUT2D eigenvalue weighted by molar-refractivity contribution is -0.00188. The van der Waals surface area contributed by atoms with Gasteiger partial charge in [0, 0.05) is 16.9 Å². The van der Waals surface area contributed by atoms with Gasteiger partial charge in [-0.1, -0.05) is 105 Å². The van der Waals surface area contributed by atoms with Crippen molar-refractivity contribution in [1.29, 1.82) is 0 Å². The van der Waals surface area contributed by atoms with Gasteiger partial charge in [-0.3, -0.25) is 9.59 Å². The van der Waals surface area contributed by atoms with Gasteiger partial charge in [-0.2, -0.15) is 0 Å². The first-order valence-corrected chi connectivity index (χ1v) is 16.4. The molecule has 0 bridgehead atoms. The van der Waals surface area contributed by atoms with Crippen molar-refractivity contribution in [2.75, 3.05) is 5.75 Å². The van der Waals surface area contributed by atoms with E-state index in [0.717, 1.165) is 60.3 Å². The number of carbonyl (C=O) groups is 1. The van der Waals surface area contributed by atoms with Crippen LogP contribution in [-0.2, 0) is 11.2 Å². The van der Waals surface area contributed by atoms with Crippen LogP contribution in [0.15, 0.2) is 93.0 Å². The van der Waals surface area contributed by atoms with E-state index in [1.807, 2.05) is 78.9 Å². The third kappa shape index (κ3) is 6.01. The highest BCUT2D eigenvalue weighted by Crippen LogP contribution is 2.42. The van der Waals surface area contributed by atoms with E-state index in [9.17, 15) is 19.8 Å². The van der Waals surface area contributed by atoms with Crippen LogP contribution in [0.2, 0.25) is 0 Å². The molecular formula is C37H38O5S. The second-order valence-corrected chi connectivity index (χ2v) is 13.0. The van der Waals surface area contributed by atoms with Crippen LogP contribution in [0, 0.1) is 0 Å². The second-order valence-electron chi connectivity index (χ2n) is 11.9. The van der Waals surface area contributed by atoms with Crippen LogP contribution in [0.4, 0.5) is 0 Å². The molecule has 2 aliphatic carbocycles. The highest BCUT2D eigenvalue weighted by atomic mass is 32.2. The molecule has 2 fully saturated rings. The summed E-state index contributed by atoms with van der Waals surface area (Å²) in [6.07, 6.45) is 12.9. The molecule has 5 nitrogen and oxygen atoms in total. The Labute approximate surface area is 256 Å². The fraction of sp³-hybridized carbons (Fsp3) is 0.351. The molecule has 3 aromatic carbocycles. The van der Waals surface area contributed by atoms with E-state index in [2.05, 4.69) is 0 Å². The Balaban J connectivity index is 0.000000183. The summed E-state index contributed by atoms with van der Waals surface area (Å²) < 4.78 is 5.66. The monoisotopic (exact) mass is 594 g/mol. The number of aliphatic hydroxyl groups is 2. The predicted molar refractivity (Wildman–Crippen MR) is 173 cm³/mol. The maximum atomic E-state index is 13.6. The lowest BCUT2D eigenvalue weighted by atomic mass is 9.74. The van der Waals surface area contributed by atoms with Crippen molar-refractivity contribution in [2.24, 2.45) is 0 Å². The third-order valence-electron chi connectivity index (χ3n) is 9.08. The predicted octanol–water partition coefficient (Wildman–Crippen LogP) is 8.13. The largest absolute Gasteiger partial charge is 0.455 e. The minimum absolute atomic E-state index is 0.0844. The summed E-state index contributed by atoms with van der Waals surface area (Å²) in [4.78, 5) is 26.4. The van der Waals surface area contributed by atoms with E-state index in [1.54, 1.807) is 6.07 Å². The summed E-state index contributed by atoms with van der Waals surface area (Å²) in [6.45, 7) is 0. The molecule has 2 saturated carbocycles. The van der Waals surface area contributed by atoms with E-state index in [1.165, 1.54) is 11.8 Å². The summed E-state index contributed by atoms with van der Waals surface area (Å²) in [6, 6.07) is 22.3. The Morgan fingerprint density at radius 2 is 1.21 bits per heavy atom. The van der Waals surface area contributed by atoms with Gasteiger partial charge in [-0.05, 0) is 55.0 Å². The molecule has 0 unspecified atom stereocenters. The normalized spacial score (nSPS) is 18.7. The number of rotatable bonds is 4. The summed E-state index contributed by atoms with van der Waals surface area (Å²) in [5.74, 6) is 1.44. The summed E-state index contributed by atoms with van der Waals surface area (Å²) in [7, 11) is 0. The minimum Gasteiger partial charge on any atom is -0.455 e. The number of fused-ring (bicyclic) bond motifs is 2. The average Bonchev–Trinajstić information content (AvgIpc) is 3.06. The number of thioether (sulfide) groups is 1. The lowest BCUT2D eigenvalue weighted by Gasteiger charge is -2.35. The Bertz CT molecular complexity index is 1640. The Kier molecular flexibility index (Phi) is 8.71. The van der Waals surface area contributed by atoms with Crippen molar-refractivity contribution < 1.29 is 19.4 Å². The Hall–Kier alpha value is -3.45. The molecule has 3 aliphatic rings. The molecule has 1 aromatic heterocycles. The standard InChI is InChI=1S/C25H30O3.C12H8O2S/c26-23(19-11-3-5-13-21(19)24(27)15-7-1-8-16-24)20-12-4-6-14-22(20)25(28)17-9-2-10-18-25;13-11-8-4-1-2-5-9(8)14-10-6-3-7-15-12(10)11/h3-6,11-14,27-28H,1-2,7-10,15-18H2;1-6H,7H2. The van der Waals surface area contributed by atoms with Gasteiger partial charge in [0.2, 0.25) is 5.43 Å². The Morgan fingerprint density at radius 1 is 0.698 bits per heavy atom. The van der Waals surface area contributed by atoms with Gasteiger partial charge in [0.05, 0.1) is 21.5 Å². The van der Waals surface area contributed by atoms with Crippen LogP contribution in [0.3, 0.4) is 0 Å². The van der Waals surface area contributed by atoms with E-state index in [0.29, 0.717) is 53.5 Å². The number of ketones is 1. The maximum Gasteiger partial charge on any atom is 0.206 e. The van der Waals surface area contributed by atoms with Gasteiger partial charge in [0.15, 0.2) is 5.78 Å². The molecule has 43 heavy (non-hydrogen) atoms. The van der Waals surface area contributed by atoms with Gasteiger partial charge < -0.3 is 14.6 Å². The van der Waals surface area contributed by atoms with Crippen molar-refractivity contribution in [3.8, 4) is 0 Å². The van der Waals surface area contributed by atoms with Crippen LogP contribution >= 0.6 is 11.8 Å². The van der Waals surface area contributed by atoms with E-state index < -0.39 is 11.2 Å². The average molecular weight is 595 g/mol. The van der Waals surface area contributed by atoms with Gasteiger partial charge in [0.1, 0.15) is 11.3 Å². The van der Waals surface area contributed by atoms with Gasteiger partial charge >= 0.3 is 0 Å². The molecule has 0 saturated heterocycles. The van der Waals surface area contributed by atoms with Crippen LogP contribution in [0.5, 0.6) is 0 Å². The molecule has 2 N–H and O–H groups in total. The first kappa shape index (κ1) is 29.6. The van der Waals surface area contributed by atoms with Crippen LogP contribution in [-0.4, -0.2) is 21.7 Å². The van der Waals surface area contributed by atoms with Crippen molar-refractivity contribution in [1.82, 2.24) is 0 Å². The molecule has 6 heteroatoms. The fourth-order valence-electron chi connectivity index (χ4n) is 6.81. The van der Waals surface area contributed by atoms with Crippen LogP contribution in [0.25, 0.3) is 17.0 Å². The SMILES string of the molecule is O=C(c1ccccc1C1(O)CCCCC1)c1ccccc1C1(O)CCCCC1.O=c1c2c(oc3ccccc13)C=CCS2. The second kappa shape index (κ2) is 12.7. The highest BCUT2D eigenvalue weighted by Gasteiger charge is 2.37. The number of hydrogen-bond acceptors (Lipinski definition) is 6. The van der Waals surface area contributed by atoms with E-state index >= 15 is 0 Å². The first-order chi connectivity index (χ1) is 20.9. The van der Waals surface area contributed by atoms with Crippen LogP contribution < -0.4 is 5.43 Å². The lowest BCUT2D eigenvalue weighted by Crippen LogP contribution is -2.32. The smallest absolute Gasteiger partial charge is 0.206 e. The Morgan fingerprint density at radius 3 is 1.79 bits per heavy atom. The zero-order valence-corrected chi connectivity index (χ0v) is 25.2. The first-order valence-electron chi connectivity index (χ1n) is 15.4. The number of hydrogen-bond donors (Lipinski definition) is 2. The van der Waals surface area contributed by atoms with Gasteiger partial charge in [-0.15, -0.1) is 11.8 Å². The molecule has 7 rings (SSSR count). The molecule has 2 heterocycles. The fourth-order valence-corrected chi connectivity index (χ4v) is 7.66. The highest BCUT2D eigenvalue weighted by molar-refractivity contribution is 7.99. The van der Waals surface area contributed by atoms with Gasteiger partial charge in [0.25, 0.3) is 0 Å². The van der Waals surface area contributed by atoms with Gasteiger partial charge in [-0.25, -0.2) is 0 Å². The number of para-hydroxylation sites is 1. The molecule has 222 valence electrons. The molecule has 0 spiro atoms. The summed E-state index contributed by atoms with van der Waals surface area (Å²) >= 11 is 1.54. The zero-order chi connectivity index (χ0) is 29.9. The van der Waals surface area contributed by atoms with Crippen molar-refractivity contribution in [2.45, 2.75) is 80.3 Å². The molecule has 0 atom stereocenters. The minimum atomic E-state index is -0.929. The zero-order valence-electron chi connectivity index (χ0n) is 24.4. The molecule has 4 aromatic rings. The topological polar surface area (TPSA) is 87.7 Å². The quantitative estimate of drug-likeness (QED) is 0.232. The van der Waals surface area contributed by atoms with Crippen LogP contribution in [0.1, 0.15) is 97.0 Å². The number of benzene rings is 3. The molecule has 1 aliphatic heterocycles. The molecule has 0 amide bonds. The third-order valence-corrected chi connectivity index (χ3v) is 10.1. The number of carbonyl (C=O) groups excluding carboxylic acids is 1. The molecule has 0 radical (unpaired) electrons.